The maximum Gasteiger partial charge on any atom is 0.573 e. The monoisotopic (exact) mass is 511 g/mol. The Hall–Kier alpha value is -4.67. The Morgan fingerprint density at radius 3 is 2.49 bits per heavy atom. The Kier molecular flexibility index (Phi) is 7.23. The number of nitrogens with zero attached hydrogens (tertiary/aromatic N) is 2. The normalized spacial score (nSPS) is 16.4. The third kappa shape index (κ3) is 5.61. The molecule has 11 heteroatoms. The van der Waals surface area contributed by atoms with Gasteiger partial charge < -0.3 is 19.9 Å². The van der Waals surface area contributed by atoms with E-state index in [9.17, 15) is 18.0 Å². The summed E-state index contributed by atoms with van der Waals surface area (Å²) in [5.74, 6) is -0.222. The minimum Gasteiger partial charge on any atom is -0.491 e. The Labute approximate surface area is 208 Å². The zero-order valence-corrected chi connectivity index (χ0v) is 19.1. The fourth-order valence-electron chi connectivity index (χ4n) is 4.16. The lowest BCUT2D eigenvalue weighted by Crippen LogP contribution is -2.50. The van der Waals surface area contributed by atoms with Crippen molar-refractivity contribution in [2.75, 3.05) is 6.61 Å². The molecule has 8 nitrogen and oxygen atoms in total. The van der Waals surface area contributed by atoms with Gasteiger partial charge >= 0.3 is 6.36 Å². The highest BCUT2D eigenvalue weighted by Crippen LogP contribution is 2.41. The molecule has 2 aromatic heterocycles. The van der Waals surface area contributed by atoms with E-state index in [-0.39, 0.29) is 24.7 Å². The fraction of sp³-hybridized carbons (Fsp3) is 0.154. The van der Waals surface area contributed by atoms with E-state index >= 15 is 0 Å². The highest BCUT2D eigenvalue weighted by Gasteiger charge is 2.42. The van der Waals surface area contributed by atoms with Gasteiger partial charge in [0.1, 0.15) is 22.7 Å². The molecule has 1 amide bonds. The molecule has 1 atom stereocenters. The molecule has 0 saturated carbocycles. The SMILES string of the molecule is O=C(N[C@]1(c2ccc(OC(F)(F)F)cc2)CCOc2cccnc21)c1ccc2ncccc2c1.O=CO. The minimum absolute atomic E-state index is 0.250. The van der Waals surface area contributed by atoms with Crippen LogP contribution in [-0.2, 0) is 10.3 Å². The Morgan fingerprint density at radius 1 is 1.05 bits per heavy atom. The topological polar surface area (TPSA) is 111 Å². The van der Waals surface area contributed by atoms with Crippen LogP contribution in [0.4, 0.5) is 13.2 Å². The van der Waals surface area contributed by atoms with Crippen LogP contribution < -0.4 is 14.8 Å². The van der Waals surface area contributed by atoms with Crippen molar-refractivity contribution in [3.8, 4) is 11.5 Å². The van der Waals surface area contributed by atoms with Crippen LogP contribution in [0.15, 0.2) is 79.1 Å². The van der Waals surface area contributed by atoms with Crippen LogP contribution in [0.3, 0.4) is 0 Å². The van der Waals surface area contributed by atoms with E-state index < -0.39 is 11.9 Å². The van der Waals surface area contributed by atoms with Gasteiger partial charge in [-0.1, -0.05) is 18.2 Å². The summed E-state index contributed by atoms with van der Waals surface area (Å²) >= 11 is 0. The first-order valence-electron chi connectivity index (χ1n) is 11.0. The van der Waals surface area contributed by atoms with E-state index in [1.54, 1.807) is 48.8 Å². The molecule has 0 unspecified atom stereocenters. The Balaban J connectivity index is 0.00000102. The lowest BCUT2D eigenvalue weighted by molar-refractivity contribution is -0.274. The third-order valence-electron chi connectivity index (χ3n) is 5.68. The number of nitrogens with one attached hydrogen (secondary N) is 1. The van der Waals surface area contributed by atoms with Crippen LogP contribution >= 0.6 is 0 Å². The van der Waals surface area contributed by atoms with E-state index in [1.165, 1.54) is 24.3 Å². The summed E-state index contributed by atoms with van der Waals surface area (Å²) in [4.78, 5) is 30.5. The average Bonchev–Trinajstić information content (AvgIpc) is 2.88. The second-order valence-electron chi connectivity index (χ2n) is 7.90. The molecule has 5 rings (SSSR count). The molecule has 0 saturated heterocycles. The number of carbonyl (C=O) groups is 2. The molecule has 3 heterocycles. The average molecular weight is 511 g/mol. The predicted octanol–water partition coefficient (Wildman–Crippen LogP) is 4.69. The Bertz CT molecular complexity index is 1410. The molecule has 0 radical (unpaired) electrons. The summed E-state index contributed by atoms with van der Waals surface area (Å²) in [5.41, 5.74) is 1.09. The smallest absolute Gasteiger partial charge is 0.491 e. The first kappa shape index (κ1) is 25.4. The summed E-state index contributed by atoms with van der Waals surface area (Å²) in [7, 11) is 0. The zero-order valence-electron chi connectivity index (χ0n) is 19.1. The van der Waals surface area contributed by atoms with Gasteiger partial charge in [0.05, 0.1) is 12.1 Å². The maximum absolute atomic E-state index is 13.4. The number of rotatable bonds is 4. The van der Waals surface area contributed by atoms with Gasteiger partial charge in [0, 0.05) is 29.8 Å². The van der Waals surface area contributed by atoms with Gasteiger partial charge in [-0.15, -0.1) is 13.2 Å². The van der Waals surface area contributed by atoms with Gasteiger partial charge in [0.25, 0.3) is 12.4 Å². The van der Waals surface area contributed by atoms with Gasteiger partial charge in [0.2, 0.25) is 0 Å². The molecular weight excluding hydrogens is 491 g/mol. The largest absolute Gasteiger partial charge is 0.573 e. The molecule has 2 N–H and O–H groups in total. The van der Waals surface area contributed by atoms with Gasteiger partial charge in [-0.25, -0.2) is 0 Å². The minimum atomic E-state index is -4.80. The van der Waals surface area contributed by atoms with Crippen molar-refractivity contribution in [1.29, 1.82) is 0 Å². The van der Waals surface area contributed by atoms with E-state index in [4.69, 9.17) is 14.6 Å². The number of aromatic nitrogens is 2. The summed E-state index contributed by atoms with van der Waals surface area (Å²) in [6.45, 7) is 0.0292. The van der Waals surface area contributed by atoms with Crippen LogP contribution in [0.25, 0.3) is 10.9 Å². The molecule has 4 aromatic rings. The van der Waals surface area contributed by atoms with Crippen LogP contribution in [0.1, 0.15) is 28.0 Å². The molecule has 0 aliphatic carbocycles. The lowest BCUT2D eigenvalue weighted by Gasteiger charge is -2.39. The molecular formula is C26H20F3N3O5. The number of ether oxygens (including phenoxy) is 2. The summed E-state index contributed by atoms with van der Waals surface area (Å²) in [6, 6.07) is 17.7. The van der Waals surface area contributed by atoms with Crippen molar-refractivity contribution < 1.29 is 37.3 Å². The van der Waals surface area contributed by atoms with Crippen molar-refractivity contribution in [3.63, 3.8) is 0 Å². The molecule has 0 fully saturated rings. The Morgan fingerprint density at radius 2 is 1.76 bits per heavy atom. The quantitative estimate of drug-likeness (QED) is 0.383. The van der Waals surface area contributed by atoms with Crippen molar-refractivity contribution in [2.24, 2.45) is 0 Å². The van der Waals surface area contributed by atoms with Crippen LogP contribution in [0.2, 0.25) is 0 Å². The second-order valence-corrected chi connectivity index (χ2v) is 7.90. The van der Waals surface area contributed by atoms with E-state index in [1.807, 2.05) is 6.07 Å². The van der Waals surface area contributed by atoms with E-state index in [0.29, 0.717) is 29.0 Å². The summed E-state index contributed by atoms with van der Waals surface area (Å²) in [6.07, 6.45) is -1.21. The van der Waals surface area contributed by atoms with Gasteiger partial charge in [-0.2, -0.15) is 0 Å². The van der Waals surface area contributed by atoms with Crippen molar-refractivity contribution >= 4 is 23.3 Å². The van der Waals surface area contributed by atoms with Gasteiger partial charge in [-0.05, 0) is 54.1 Å². The van der Waals surface area contributed by atoms with E-state index in [0.717, 1.165) is 10.9 Å². The molecule has 190 valence electrons. The summed E-state index contributed by atoms with van der Waals surface area (Å²) < 4.78 is 47.6. The number of hydrogen-bond acceptors (Lipinski definition) is 6. The van der Waals surface area contributed by atoms with Crippen LogP contribution in [0, 0.1) is 0 Å². The van der Waals surface area contributed by atoms with Crippen LogP contribution in [0.5, 0.6) is 11.5 Å². The van der Waals surface area contributed by atoms with E-state index in [2.05, 4.69) is 20.0 Å². The summed E-state index contributed by atoms with van der Waals surface area (Å²) in [5, 5.41) is 10.8. The number of pyridine rings is 2. The first-order valence-corrected chi connectivity index (χ1v) is 11.0. The number of carbonyl (C=O) groups excluding carboxylic acids is 1. The maximum atomic E-state index is 13.4. The standard InChI is InChI=1S/C25H18F3N3O3.CH2O2/c26-25(27,28)34-19-8-6-18(7-9-19)24(11-14-33-21-4-2-13-30-22(21)24)31-23(32)17-5-10-20-16(15-17)3-1-12-29-20;2-1-3/h1-10,12-13,15H,11,14H2,(H,31,32);1H,(H,2,3)/t24-;/m0./s1. The number of fused-ring (bicyclic) bond motifs is 2. The molecule has 2 aromatic carbocycles. The molecule has 37 heavy (non-hydrogen) atoms. The number of halogens is 3. The van der Waals surface area contributed by atoms with Crippen molar-refractivity contribution in [1.82, 2.24) is 15.3 Å². The second kappa shape index (κ2) is 10.5. The predicted molar refractivity (Wildman–Crippen MR) is 126 cm³/mol. The molecule has 1 aliphatic rings. The zero-order chi connectivity index (χ0) is 26.5. The van der Waals surface area contributed by atoms with Gasteiger partial charge in [0.15, 0.2) is 0 Å². The molecule has 0 bridgehead atoms. The highest BCUT2D eigenvalue weighted by molar-refractivity contribution is 5.98. The van der Waals surface area contributed by atoms with Crippen LogP contribution in [-0.4, -0.2) is 40.4 Å². The number of amides is 1. The third-order valence-corrected chi connectivity index (χ3v) is 5.68. The number of alkyl halides is 3. The fourth-order valence-corrected chi connectivity index (χ4v) is 4.16. The first-order chi connectivity index (χ1) is 17.8. The molecule has 0 spiro atoms. The molecule has 1 aliphatic heterocycles. The highest BCUT2D eigenvalue weighted by atomic mass is 19.4. The van der Waals surface area contributed by atoms with Gasteiger partial charge in [-0.3, -0.25) is 19.6 Å². The number of carboxylic acid groups (broad SMARTS) is 1. The lowest BCUT2D eigenvalue weighted by atomic mass is 9.81. The van der Waals surface area contributed by atoms with Crippen molar-refractivity contribution in [2.45, 2.75) is 18.3 Å². The van der Waals surface area contributed by atoms with Crippen molar-refractivity contribution in [3.05, 3.63) is 95.9 Å². The number of hydrogen-bond donors (Lipinski definition) is 2. The number of benzene rings is 2.